The summed E-state index contributed by atoms with van der Waals surface area (Å²) in [6.45, 7) is 36.2. The zero-order valence-electron chi connectivity index (χ0n) is 62.3. The summed E-state index contributed by atoms with van der Waals surface area (Å²) in [6.07, 6.45) is 14.5. The molecule has 0 spiro atoms. The molecule has 12 nitrogen and oxygen atoms in total. The predicted molar refractivity (Wildman–Crippen MR) is 435 cm³/mol. The predicted octanol–water partition coefficient (Wildman–Crippen LogP) is 24.7. The molecule has 4 aromatic heterocycles. The van der Waals surface area contributed by atoms with Crippen LogP contribution in [-0.2, 0) is 21.7 Å². The Morgan fingerprint density at radius 3 is 0.625 bits per heavy atom. The van der Waals surface area contributed by atoms with Crippen molar-refractivity contribution in [3.8, 4) is 0 Å². The molecule has 0 saturated carbocycles. The summed E-state index contributed by atoms with van der Waals surface area (Å²) in [5.41, 5.74) is 23.7. The normalized spacial score (nSPS) is 12.4. The van der Waals surface area contributed by atoms with Gasteiger partial charge in [-0.1, -0.05) is 180 Å². The second-order valence-electron chi connectivity index (χ2n) is 32.2. The van der Waals surface area contributed by atoms with Crippen molar-refractivity contribution in [1.29, 1.82) is 0 Å². The van der Waals surface area contributed by atoms with E-state index in [2.05, 4.69) is 312 Å². The van der Waals surface area contributed by atoms with Crippen LogP contribution in [0.1, 0.15) is 128 Å². The molecule has 0 aliphatic rings. The van der Waals surface area contributed by atoms with Crippen LogP contribution in [0.15, 0.2) is 232 Å². The molecule has 0 N–H and O–H groups in total. The van der Waals surface area contributed by atoms with Crippen LogP contribution in [0.25, 0.3) is 75.9 Å². The van der Waals surface area contributed by atoms with E-state index >= 15 is 0 Å². The SMILES string of the molecule is Cc1ccc2ncncc2c1N(c1ccc(C(C)(C)C)cc1)c1cc(N(c2ccc(C(C)(C)C)cc2)c2c(C)ccc3ncncc23)c2ccc3c(N(c4ccc(C(C)(C)C)cc4)c4c(C)ccc5ncncc45)cc(N(c4ccc(C(C)(C)C)cc4)c4c(C)ccc5ncncc45)c4ccc1c2c43. The minimum atomic E-state index is -0.120. The zero-order valence-corrected chi connectivity index (χ0v) is 62.3. The van der Waals surface area contributed by atoms with E-state index in [9.17, 15) is 0 Å². The molecule has 12 heteroatoms. The molecule has 0 radical (unpaired) electrons. The fourth-order valence-corrected chi connectivity index (χ4v) is 15.4. The Hall–Kier alpha value is -11.8. The molecule has 0 aliphatic carbocycles. The number of aryl methyl sites for hydroxylation is 4. The largest absolute Gasteiger partial charge is 0.309 e. The highest BCUT2D eigenvalue weighted by atomic mass is 15.2. The Kier molecular flexibility index (Phi) is 16.1. The van der Waals surface area contributed by atoms with Gasteiger partial charge in [0.15, 0.2) is 0 Å². The van der Waals surface area contributed by atoms with E-state index in [0.717, 1.165) is 166 Å². The lowest BCUT2D eigenvalue weighted by molar-refractivity contribution is 0.590. The van der Waals surface area contributed by atoms with E-state index in [-0.39, 0.29) is 21.7 Å². The molecule has 0 aliphatic heterocycles. The lowest BCUT2D eigenvalue weighted by Crippen LogP contribution is -2.18. The van der Waals surface area contributed by atoms with E-state index in [4.69, 9.17) is 39.9 Å². The molecule has 16 aromatic rings. The van der Waals surface area contributed by atoms with Crippen LogP contribution in [0.2, 0.25) is 0 Å². The van der Waals surface area contributed by atoms with Gasteiger partial charge in [-0.2, -0.15) is 0 Å². The van der Waals surface area contributed by atoms with Crippen LogP contribution in [0.5, 0.6) is 0 Å². The average molecular weight is 1360 g/mol. The molecular formula is C92H86N12. The number of hydrogen-bond acceptors (Lipinski definition) is 12. The third kappa shape index (κ3) is 11.5. The summed E-state index contributed by atoms with van der Waals surface area (Å²) in [5, 5.41) is 9.95. The number of aromatic nitrogens is 8. The topological polar surface area (TPSA) is 116 Å². The molecule has 514 valence electrons. The molecule has 0 fully saturated rings. The number of rotatable bonds is 12. The Labute approximate surface area is 609 Å². The summed E-state index contributed by atoms with van der Waals surface area (Å²) >= 11 is 0. The quantitative estimate of drug-likeness (QED) is 0.108. The highest BCUT2D eigenvalue weighted by Crippen LogP contribution is 2.58. The fraction of sp³-hybridized carbons (Fsp3) is 0.217. The van der Waals surface area contributed by atoms with Crippen LogP contribution >= 0.6 is 0 Å². The summed E-state index contributed by atoms with van der Waals surface area (Å²) < 4.78 is 0. The van der Waals surface area contributed by atoms with Crippen molar-refractivity contribution >= 4 is 144 Å². The lowest BCUT2D eigenvalue weighted by Gasteiger charge is -2.36. The van der Waals surface area contributed by atoms with Gasteiger partial charge in [0.2, 0.25) is 0 Å². The van der Waals surface area contributed by atoms with E-state index < -0.39 is 0 Å². The molecule has 0 bridgehead atoms. The van der Waals surface area contributed by atoms with Crippen LogP contribution in [0.3, 0.4) is 0 Å². The summed E-state index contributed by atoms with van der Waals surface area (Å²) in [6, 6.07) is 68.4. The molecule has 104 heavy (non-hydrogen) atoms. The van der Waals surface area contributed by atoms with Crippen molar-refractivity contribution < 1.29 is 0 Å². The Bertz CT molecular complexity index is 5290. The average Bonchev–Trinajstić information content (AvgIpc) is 0.695. The fourth-order valence-electron chi connectivity index (χ4n) is 15.4. The summed E-state index contributed by atoms with van der Waals surface area (Å²) in [5.74, 6) is 0. The minimum absolute atomic E-state index is 0.120. The first-order valence-corrected chi connectivity index (χ1v) is 36.0. The number of fused-ring (bicyclic) bond motifs is 4. The molecule has 0 atom stereocenters. The van der Waals surface area contributed by atoms with E-state index in [1.807, 2.05) is 24.8 Å². The van der Waals surface area contributed by atoms with Gasteiger partial charge < -0.3 is 19.6 Å². The van der Waals surface area contributed by atoms with Crippen molar-refractivity contribution in [3.63, 3.8) is 0 Å². The molecule has 0 unspecified atom stereocenters. The van der Waals surface area contributed by atoms with E-state index in [0.29, 0.717) is 0 Å². The molecule has 0 saturated heterocycles. The highest BCUT2D eigenvalue weighted by molar-refractivity contribution is 6.34. The first-order valence-electron chi connectivity index (χ1n) is 36.0. The van der Waals surface area contributed by atoms with Gasteiger partial charge in [0.05, 0.1) is 67.6 Å². The first kappa shape index (κ1) is 66.8. The lowest BCUT2D eigenvalue weighted by atomic mass is 9.86. The monoisotopic (exact) mass is 1360 g/mol. The van der Waals surface area contributed by atoms with Gasteiger partial charge in [-0.15, -0.1) is 0 Å². The third-order valence-corrected chi connectivity index (χ3v) is 21.1. The first-order chi connectivity index (χ1) is 49.8. The molecule has 16 rings (SSSR count). The van der Waals surface area contributed by atoms with Gasteiger partial charge in [-0.05, 0) is 179 Å². The van der Waals surface area contributed by atoms with Crippen LogP contribution < -0.4 is 19.6 Å². The van der Waals surface area contributed by atoms with Crippen molar-refractivity contribution in [2.45, 2.75) is 132 Å². The molecular weight excluding hydrogens is 1270 g/mol. The minimum Gasteiger partial charge on any atom is -0.309 e. The molecule has 12 aromatic carbocycles. The van der Waals surface area contributed by atoms with Crippen molar-refractivity contribution in [2.24, 2.45) is 0 Å². The number of hydrogen-bond donors (Lipinski definition) is 0. The van der Waals surface area contributed by atoms with Crippen molar-refractivity contribution in [2.75, 3.05) is 19.6 Å². The third-order valence-electron chi connectivity index (χ3n) is 21.1. The van der Waals surface area contributed by atoms with E-state index in [1.165, 1.54) is 22.3 Å². The smallest absolute Gasteiger partial charge is 0.116 e. The standard InChI is InChI=1S/C92H86N12/c1-55-17-41-75-71(47-93-51-97-75)85(55)101(63-29-21-59(22-30-63)89(5,6)7)79-45-80(102(64-31-23-60(24-32-64)90(8,9)10)86-56(2)18-42-76-72(86)48-94-52-98-76)68-39-40-70-82(104(66-35-27-62(28-36-66)92(14,15)16)88-58(4)20-44-78-74(88)50-96-54-100-78)46-81(69-38-37-67(79)83(68)84(69)70)103(65-33-25-61(26-34-65)91(11,12)13)87-57(3)19-43-77-73(87)49-95-53-99-77/h17-54H,1-16H3. The number of anilines is 12. The summed E-state index contributed by atoms with van der Waals surface area (Å²) in [4.78, 5) is 49.0. The summed E-state index contributed by atoms with van der Waals surface area (Å²) in [7, 11) is 0. The van der Waals surface area contributed by atoms with Crippen molar-refractivity contribution in [1.82, 2.24) is 39.9 Å². The van der Waals surface area contributed by atoms with Gasteiger partial charge in [-0.25, -0.2) is 39.9 Å². The van der Waals surface area contributed by atoms with Gasteiger partial charge in [0.1, 0.15) is 25.3 Å². The van der Waals surface area contributed by atoms with Gasteiger partial charge >= 0.3 is 0 Å². The number of benzene rings is 12. The Morgan fingerprint density at radius 1 is 0.231 bits per heavy atom. The maximum Gasteiger partial charge on any atom is 0.116 e. The Morgan fingerprint density at radius 2 is 0.433 bits per heavy atom. The van der Waals surface area contributed by atoms with E-state index in [1.54, 1.807) is 25.3 Å². The molecule has 0 amide bonds. The number of nitrogens with zero attached hydrogens (tertiary/aromatic N) is 12. The maximum absolute atomic E-state index is 4.97. The second-order valence-corrected chi connectivity index (χ2v) is 32.2. The van der Waals surface area contributed by atoms with Gasteiger partial charge in [-0.3, -0.25) is 0 Å². The molecule has 4 heterocycles. The second kappa shape index (κ2) is 25.0. The zero-order chi connectivity index (χ0) is 72.5. The maximum atomic E-state index is 4.97. The Balaban J connectivity index is 1.15. The van der Waals surface area contributed by atoms with Crippen LogP contribution in [0.4, 0.5) is 68.2 Å². The van der Waals surface area contributed by atoms with Crippen LogP contribution in [-0.4, -0.2) is 39.9 Å². The van der Waals surface area contributed by atoms with Gasteiger partial charge in [0.25, 0.3) is 0 Å². The van der Waals surface area contributed by atoms with Gasteiger partial charge in [0, 0.05) is 101 Å². The highest BCUT2D eigenvalue weighted by Gasteiger charge is 2.34. The van der Waals surface area contributed by atoms with Crippen molar-refractivity contribution in [3.05, 3.63) is 277 Å². The van der Waals surface area contributed by atoms with Crippen LogP contribution in [0, 0.1) is 27.7 Å².